The molecule has 0 saturated carbocycles. The summed E-state index contributed by atoms with van der Waals surface area (Å²) in [6, 6.07) is 17.8. The van der Waals surface area contributed by atoms with Crippen LogP contribution >= 0.6 is 0 Å². The van der Waals surface area contributed by atoms with Gasteiger partial charge in [0.15, 0.2) is 0 Å². The van der Waals surface area contributed by atoms with E-state index in [4.69, 9.17) is 8.37 Å². The minimum Gasteiger partial charge on any atom is -1.00 e. The van der Waals surface area contributed by atoms with Crippen LogP contribution in [0.3, 0.4) is 0 Å². The number of benzene rings is 2. The van der Waals surface area contributed by atoms with E-state index >= 15 is 0 Å². The smallest absolute Gasteiger partial charge is 1.00 e. The van der Waals surface area contributed by atoms with Crippen molar-refractivity contribution in [2.24, 2.45) is 0 Å². The fourth-order valence-corrected chi connectivity index (χ4v) is 5.14. The molecule has 1 unspecified atom stereocenters. The number of rotatable bonds is 20. The third-order valence-electron chi connectivity index (χ3n) is 6.47. The second kappa shape index (κ2) is 20.3. The normalized spacial score (nSPS) is 12.3. The molecule has 198 valence electrons. The molecular formula is C30H47NaO4S. The van der Waals surface area contributed by atoms with Crippen molar-refractivity contribution in [3.05, 3.63) is 60.2 Å². The Morgan fingerprint density at radius 2 is 1.11 bits per heavy atom. The van der Waals surface area contributed by atoms with Gasteiger partial charge >= 0.3 is 40.0 Å². The maximum absolute atomic E-state index is 12.2. The van der Waals surface area contributed by atoms with Crippen LogP contribution in [0, 0.1) is 0 Å². The third-order valence-corrected chi connectivity index (χ3v) is 7.45. The molecule has 0 fully saturated rings. The Morgan fingerprint density at radius 3 is 1.61 bits per heavy atom. The third kappa shape index (κ3) is 14.9. The van der Waals surface area contributed by atoms with Crippen LogP contribution in [0.5, 0.6) is 0 Å². The topological polar surface area (TPSA) is 52.6 Å². The van der Waals surface area contributed by atoms with E-state index in [9.17, 15) is 8.42 Å². The Balaban J connectivity index is 0.00000648. The van der Waals surface area contributed by atoms with Crippen molar-refractivity contribution in [1.29, 1.82) is 0 Å². The van der Waals surface area contributed by atoms with E-state index in [1.165, 1.54) is 70.6 Å². The largest absolute Gasteiger partial charge is 1.00 e. The van der Waals surface area contributed by atoms with Crippen LogP contribution in [-0.4, -0.2) is 15.0 Å². The molecule has 0 spiro atoms. The molecule has 0 radical (unpaired) electrons. The molecule has 0 aromatic heterocycles. The molecule has 2 rings (SSSR count). The first-order chi connectivity index (χ1) is 17.0. The molecule has 2 aromatic rings. The Bertz CT molecular complexity index is 892. The van der Waals surface area contributed by atoms with E-state index in [1.807, 2.05) is 54.6 Å². The van der Waals surface area contributed by atoms with Crippen LogP contribution in [0.2, 0.25) is 0 Å². The quantitative estimate of drug-likeness (QED) is 0.150. The molecule has 0 saturated heterocycles. The standard InChI is InChI=1S/C30H46O4S.Na.H/c1-3-4-5-6-7-8-9-10-11-12-13-14-15-19-26-33-35(31,32)34-27(2)28-22-24-30(25-23-28)29-20-17-16-18-21-29;;/h16-18,20-25,27H,3-15,19,26H2,1-2H3;;/q;+1;-1. The van der Waals surface area contributed by atoms with Crippen LogP contribution in [-0.2, 0) is 18.8 Å². The van der Waals surface area contributed by atoms with Crippen molar-refractivity contribution >= 4 is 10.4 Å². The molecule has 36 heavy (non-hydrogen) atoms. The van der Waals surface area contributed by atoms with Gasteiger partial charge in [-0.2, -0.15) is 8.42 Å². The summed E-state index contributed by atoms with van der Waals surface area (Å²) >= 11 is 0. The summed E-state index contributed by atoms with van der Waals surface area (Å²) in [6.07, 6.45) is 17.1. The molecular weight excluding hydrogens is 479 g/mol. The molecule has 0 N–H and O–H groups in total. The maximum Gasteiger partial charge on any atom is 1.00 e. The van der Waals surface area contributed by atoms with Crippen molar-refractivity contribution in [3.63, 3.8) is 0 Å². The zero-order valence-corrected chi connectivity index (χ0v) is 25.7. The van der Waals surface area contributed by atoms with Crippen LogP contribution in [0.25, 0.3) is 11.1 Å². The average molecular weight is 527 g/mol. The predicted octanol–water partition coefficient (Wildman–Crippen LogP) is 6.29. The van der Waals surface area contributed by atoms with Gasteiger partial charge in [-0.05, 0) is 30.0 Å². The van der Waals surface area contributed by atoms with E-state index in [0.29, 0.717) is 0 Å². The van der Waals surface area contributed by atoms with E-state index in [0.717, 1.165) is 36.0 Å². The summed E-state index contributed by atoms with van der Waals surface area (Å²) in [5.41, 5.74) is 3.00. The average Bonchev–Trinajstić information content (AvgIpc) is 2.86. The van der Waals surface area contributed by atoms with Crippen molar-refractivity contribution < 1.29 is 47.8 Å². The molecule has 0 aliphatic heterocycles. The molecule has 0 amide bonds. The van der Waals surface area contributed by atoms with E-state index in [1.54, 1.807) is 6.92 Å². The second-order valence-electron chi connectivity index (χ2n) is 9.55. The van der Waals surface area contributed by atoms with Gasteiger partial charge in [0.1, 0.15) is 6.10 Å². The van der Waals surface area contributed by atoms with Gasteiger partial charge < -0.3 is 1.43 Å². The summed E-state index contributed by atoms with van der Waals surface area (Å²) in [5, 5.41) is 0. The van der Waals surface area contributed by atoms with Gasteiger partial charge in [0.05, 0.1) is 6.61 Å². The van der Waals surface area contributed by atoms with E-state index in [-0.39, 0.29) is 37.6 Å². The zero-order valence-electron chi connectivity index (χ0n) is 23.9. The SMILES string of the molecule is CCCCCCCCCCCCCCCCOS(=O)(=O)OC(C)c1ccc(-c2ccccc2)cc1.[H-].[Na+]. The Hall–Kier alpha value is -0.690. The molecule has 1 atom stereocenters. The van der Waals surface area contributed by atoms with E-state index < -0.39 is 16.5 Å². The Labute approximate surface area is 244 Å². The molecule has 6 heteroatoms. The van der Waals surface area contributed by atoms with Crippen molar-refractivity contribution in [2.45, 2.75) is 110 Å². The van der Waals surface area contributed by atoms with Gasteiger partial charge in [-0.1, -0.05) is 145 Å². The molecule has 0 bridgehead atoms. The van der Waals surface area contributed by atoms with Crippen molar-refractivity contribution in [2.75, 3.05) is 6.61 Å². The van der Waals surface area contributed by atoms with Gasteiger partial charge in [-0.25, -0.2) is 8.37 Å². The molecule has 0 aliphatic rings. The monoisotopic (exact) mass is 526 g/mol. The minimum atomic E-state index is -4.01. The summed E-state index contributed by atoms with van der Waals surface area (Å²) in [5.74, 6) is 0. The number of hydrogen-bond acceptors (Lipinski definition) is 4. The molecule has 2 aromatic carbocycles. The van der Waals surface area contributed by atoms with Gasteiger partial charge in [-0.3, -0.25) is 0 Å². The Kier molecular flexibility index (Phi) is 18.8. The minimum absolute atomic E-state index is 0. The first kappa shape index (κ1) is 33.3. The first-order valence-electron chi connectivity index (χ1n) is 13.7. The number of hydrogen-bond donors (Lipinski definition) is 0. The van der Waals surface area contributed by atoms with Gasteiger partial charge in [-0.15, -0.1) is 0 Å². The molecule has 0 heterocycles. The van der Waals surface area contributed by atoms with Crippen LogP contribution in [0.4, 0.5) is 0 Å². The predicted molar refractivity (Wildman–Crippen MR) is 148 cm³/mol. The summed E-state index contributed by atoms with van der Waals surface area (Å²) in [6.45, 7) is 4.17. The summed E-state index contributed by atoms with van der Waals surface area (Å²) in [7, 11) is -4.01. The zero-order chi connectivity index (χ0) is 25.2. The van der Waals surface area contributed by atoms with Crippen molar-refractivity contribution in [3.8, 4) is 11.1 Å². The fraction of sp³-hybridized carbons (Fsp3) is 0.600. The van der Waals surface area contributed by atoms with Crippen molar-refractivity contribution in [1.82, 2.24) is 0 Å². The second-order valence-corrected chi connectivity index (χ2v) is 10.8. The summed E-state index contributed by atoms with van der Waals surface area (Å²) in [4.78, 5) is 0. The van der Waals surface area contributed by atoms with Gasteiger partial charge in [0.25, 0.3) is 0 Å². The van der Waals surface area contributed by atoms with Gasteiger partial charge in [0, 0.05) is 0 Å². The number of unbranched alkanes of at least 4 members (excludes halogenated alkanes) is 13. The fourth-order valence-electron chi connectivity index (χ4n) is 4.29. The van der Waals surface area contributed by atoms with Crippen LogP contribution in [0.15, 0.2) is 54.6 Å². The van der Waals surface area contributed by atoms with Crippen LogP contribution < -0.4 is 29.6 Å². The van der Waals surface area contributed by atoms with Gasteiger partial charge in [0.2, 0.25) is 0 Å². The first-order valence-corrected chi connectivity index (χ1v) is 15.1. The summed E-state index contributed by atoms with van der Waals surface area (Å²) < 4.78 is 34.7. The molecule has 0 aliphatic carbocycles. The Morgan fingerprint density at radius 1 is 0.667 bits per heavy atom. The van der Waals surface area contributed by atoms with Crippen LogP contribution in [0.1, 0.15) is 117 Å². The molecule has 4 nitrogen and oxygen atoms in total. The van der Waals surface area contributed by atoms with E-state index in [2.05, 4.69) is 6.92 Å². The maximum atomic E-state index is 12.2.